The van der Waals surface area contributed by atoms with Crippen LogP contribution in [0.15, 0.2) is 52.7 Å². The molecule has 1 aromatic heterocycles. The molecular weight excluding hydrogens is 531 g/mol. The number of carbonyl (C=O) groups is 1. The molecule has 0 aliphatic carbocycles. The zero-order chi connectivity index (χ0) is 25.7. The maximum absolute atomic E-state index is 13.6. The molecule has 4 rings (SSSR count). The maximum Gasteiger partial charge on any atom is 0.341 e. The van der Waals surface area contributed by atoms with E-state index in [0.29, 0.717) is 30.8 Å². The van der Waals surface area contributed by atoms with Gasteiger partial charge in [0.1, 0.15) is 25.7 Å². The monoisotopic (exact) mass is 554 g/mol. The van der Waals surface area contributed by atoms with Gasteiger partial charge in [-0.25, -0.2) is 17.6 Å². The van der Waals surface area contributed by atoms with Crippen LogP contribution >= 0.6 is 22.9 Å². The van der Waals surface area contributed by atoms with Gasteiger partial charge in [-0.3, -0.25) is 9.62 Å². The molecule has 2 aromatic carbocycles. The average Bonchev–Trinajstić information content (AvgIpc) is 3.25. The fourth-order valence-corrected chi connectivity index (χ4v) is 6.48. The summed E-state index contributed by atoms with van der Waals surface area (Å²) in [6.45, 7) is 4.04. The Morgan fingerprint density at radius 2 is 1.97 bits per heavy atom. The van der Waals surface area contributed by atoms with Gasteiger partial charge < -0.3 is 14.6 Å². The van der Waals surface area contributed by atoms with Gasteiger partial charge in [-0.15, -0.1) is 11.3 Å². The molecule has 2 N–H and O–H groups in total. The van der Waals surface area contributed by atoms with Crippen molar-refractivity contribution in [2.75, 3.05) is 44.2 Å². The molecular formula is C24H24ClFN2O6S2. The number of nitrogens with zero attached hydrogens (tertiary/aromatic N) is 1. The van der Waals surface area contributed by atoms with Crippen LogP contribution < -0.4 is 4.72 Å². The molecule has 1 aliphatic rings. The molecule has 2 heterocycles. The van der Waals surface area contributed by atoms with Crippen LogP contribution in [-0.2, 0) is 19.5 Å². The number of ether oxygens (including phenoxy) is 2. The Balaban J connectivity index is 1.38. The lowest BCUT2D eigenvalue weighted by Gasteiger charge is -2.26. The molecule has 0 saturated carbocycles. The highest BCUT2D eigenvalue weighted by molar-refractivity contribution is 7.94. The molecule has 3 aromatic rings. The zero-order valence-electron chi connectivity index (χ0n) is 19.1. The van der Waals surface area contributed by atoms with Crippen LogP contribution in [-0.4, -0.2) is 63.8 Å². The summed E-state index contributed by atoms with van der Waals surface area (Å²) in [7, 11) is -4.06. The lowest BCUT2D eigenvalue weighted by Crippen LogP contribution is -2.37. The number of benzene rings is 2. The summed E-state index contributed by atoms with van der Waals surface area (Å²) >= 11 is 7.04. The summed E-state index contributed by atoms with van der Waals surface area (Å²) in [4.78, 5) is 14.6. The largest absolute Gasteiger partial charge is 0.507 e. The van der Waals surface area contributed by atoms with E-state index >= 15 is 0 Å². The summed E-state index contributed by atoms with van der Waals surface area (Å²) in [6.07, 6.45) is 0.644. The normalized spacial score (nSPS) is 14.5. The van der Waals surface area contributed by atoms with Gasteiger partial charge in [0.2, 0.25) is 0 Å². The van der Waals surface area contributed by atoms with Crippen LogP contribution in [0.3, 0.4) is 0 Å². The van der Waals surface area contributed by atoms with Gasteiger partial charge in [0.05, 0.1) is 25.5 Å². The standard InChI is InChI=1S/C24H24ClFN2O6S2/c25-23-20(16-3-1-4-17(26)13-16)15-22(35-23)36(31,32)27-18-5-6-19(21(29)14-18)24(30)34-10-2-7-28-8-11-33-12-9-28/h1,3-6,13-15,27,29H,2,7-12H2. The second-order valence-electron chi connectivity index (χ2n) is 8.04. The highest BCUT2D eigenvalue weighted by atomic mass is 35.5. The number of hydrogen-bond acceptors (Lipinski definition) is 8. The average molecular weight is 555 g/mol. The number of nitrogens with one attached hydrogen (secondary N) is 1. The molecule has 0 unspecified atom stereocenters. The van der Waals surface area contributed by atoms with Crippen LogP contribution in [0.1, 0.15) is 16.8 Å². The number of morpholine rings is 1. The fourth-order valence-electron chi connectivity index (χ4n) is 3.66. The second-order valence-corrected chi connectivity index (χ2v) is 11.6. The van der Waals surface area contributed by atoms with Crippen molar-refractivity contribution < 1.29 is 32.2 Å². The van der Waals surface area contributed by atoms with Crippen LogP contribution in [0.25, 0.3) is 11.1 Å². The number of sulfonamides is 1. The Hall–Kier alpha value is -2.70. The van der Waals surface area contributed by atoms with Crippen molar-refractivity contribution in [2.45, 2.75) is 10.6 Å². The molecule has 1 fully saturated rings. The third kappa shape index (κ3) is 6.54. The van der Waals surface area contributed by atoms with Crippen molar-refractivity contribution in [1.29, 1.82) is 0 Å². The van der Waals surface area contributed by atoms with Crippen molar-refractivity contribution in [3.63, 3.8) is 0 Å². The molecule has 0 spiro atoms. The topological polar surface area (TPSA) is 105 Å². The number of carbonyl (C=O) groups excluding carboxylic acids is 1. The van der Waals surface area contributed by atoms with Crippen LogP contribution in [0.2, 0.25) is 4.34 Å². The smallest absolute Gasteiger partial charge is 0.341 e. The van der Waals surface area contributed by atoms with Gasteiger partial charge in [0, 0.05) is 31.3 Å². The quantitative estimate of drug-likeness (QED) is 0.294. The van der Waals surface area contributed by atoms with Gasteiger partial charge in [0.25, 0.3) is 10.0 Å². The summed E-state index contributed by atoms with van der Waals surface area (Å²) in [6, 6.07) is 10.8. The number of aromatic hydroxyl groups is 1. The van der Waals surface area contributed by atoms with Gasteiger partial charge in [-0.1, -0.05) is 23.7 Å². The Morgan fingerprint density at radius 1 is 1.19 bits per heavy atom. The lowest BCUT2D eigenvalue weighted by atomic mass is 10.1. The Kier molecular flexibility index (Phi) is 8.47. The van der Waals surface area contributed by atoms with Gasteiger partial charge >= 0.3 is 5.97 Å². The van der Waals surface area contributed by atoms with E-state index in [-0.39, 0.29) is 26.4 Å². The predicted octanol–water partition coefficient (Wildman–Crippen LogP) is 4.59. The first kappa shape index (κ1) is 26.4. The van der Waals surface area contributed by atoms with E-state index in [0.717, 1.165) is 37.0 Å². The highest BCUT2D eigenvalue weighted by Gasteiger charge is 2.22. The van der Waals surface area contributed by atoms with Crippen molar-refractivity contribution in [2.24, 2.45) is 0 Å². The molecule has 0 atom stereocenters. The predicted molar refractivity (Wildman–Crippen MR) is 136 cm³/mol. The summed E-state index contributed by atoms with van der Waals surface area (Å²) in [5, 5.41) is 10.3. The van der Waals surface area contributed by atoms with E-state index in [4.69, 9.17) is 21.1 Å². The summed E-state index contributed by atoms with van der Waals surface area (Å²) in [5.74, 6) is -1.59. The summed E-state index contributed by atoms with van der Waals surface area (Å²) in [5.41, 5.74) is 0.810. The SMILES string of the molecule is O=C(OCCCN1CCOCC1)c1ccc(NS(=O)(=O)c2cc(-c3cccc(F)c3)c(Cl)s2)cc1O. The Morgan fingerprint density at radius 3 is 2.69 bits per heavy atom. The Labute approximate surface area is 217 Å². The molecule has 0 radical (unpaired) electrons. The van der Waals surface area contributed by atoms with Crippen molar-refractivity contribution in [3.05, 3.63) is 64.2 Å². The minimum Gasteiger partial charge on any atom is -0.507 e. The van der Waals surface area contributed by atoms with E-state index in [9.17, 15) is 22.7 Å². The number of rotatable bonds is 9. The first-order valence-electron chi connectivity index (χ1n) is 11.1. The lowest BCUT2D eigenvalue weighted by molar-refractivity contribution is 0.0297. The summed E-state index contributed by atoms with van der Waals surface area (Å²) < 4.78 is 52.3. The number of hydrogen-bond donors (Lipinski definition) is 2. The second kappa shape index (κ2) is 11.6. The van der Waals surface area contributed by atoms with Gasteiger partial charge in [-0.05, 0) is 42.3 Å². The number of halogens is 2. The fraction of sp³-hybridized carbons (Fsp3) is 0.292. The van der Waals surface area contributed by atoms with E-state index in [2.05, 4.69) is 9.62 Å². The first-order valence-corrected chi connectivity index (χ1v) is 13.8. The van der Waals surface area contributed by atoms with Crippen molar-refractivity contribution in [1.82, 2.24) is 4.90 Å². The highest BCUT2D eigenvalue weighted by Crippen LogP contribution is 2.38. The molecule has 12 heteroatoms. The van der Waals surface area contributed by atoms with Crippen molar-refractivity contribution >= 4 is 44.6 Å². The number of phenols is 1. The number of phenolic OH excluding ortho intramolecular Hbond substituents is 1. The van der Waals surface area contributed by atoms with Crippen LogP contribution in [0.4, 0.5) is 10.1 Å². The van der Waals surface area contributed by atoms with Crippen molar-refractivity contribution in [3.8, 4) is 16.9 Å². The first-order chi connectivity index (χ1) is 17.2. The maximum atomic E-state index is 13.6. The third-order valence-corrected chi connectivity index (χ3v) is 8.70. The molecule has 0 bridgehead atoms. The molecule has 1 aliphatic heterocycles. The minimum atomic E-state index is -4.06. The van der Waals surface area contributed by atoms with Gasteiger partial charge in [-0.2, -0.15) is 0 Å². The number of thiophene rings is 1. The van der Waals surface area contributed by atoms with Crippen LogP contribution in [0.5, 0.6) is 5.75 Å². The molecule has 0 amide bonds. The van der Waals surface area contributed by atoms with E-state index < -0.39 is 27.6 Å². The number of anilines is 1. The molecule has 1 saturated heterocycles. The van der Waals surface area contributed by atoms with Crippen LogP contribution in [0, 0.1) is 5.82 Å². The molecule has 192 valence electrons. The zero-order valence-corrected chi connectivity index (χ0v) is 21.5. The Bertz CT molecular complexity index is 1340. The van der Waals surface area contributed by atoms with E-state index in [1.807, 2.05) is 0 Å². The molecule has 8 nitrogen and oxygen atoms in total. The third-order valence-electron chi connectivity index (χ3n) is 5.49. The minimum absolute atomic E-state index is 0.0493. The van der Waals surface area contributed by atoms with E-state index in [1.165, 1.54) is 36.4 Å². The number of esters is 1. The molecule has 36 heavy (non-hydrogen) atoms. The van der Waals surface area contributed by atoms with Gasteiger partial charge in [0.15, 0.2) is 0 Å². The van der Waals surface area contributed by atoms with E-state index in [1.54, 1.807) is 6.07 Å².